The Kier molecular flexibility index (Phi) is 4.02. The molecule has 112 valence electrons. The minimum atomic E-state index is 0.336. The molecule has 0 atom stereocenters. The summed E-state index contributed by atoms with van der Waals surface area (Å²) in [6.45, 7) is 0.923. The molecule has 0 amide bonds. The first kappa shape index (κ1) is 14.3. The summed E-state index contributed by atoms with van der Waals surface area (Å²) in [5.74, 6) is 0. The molecule has 2 heteroatoms. The number of rotatable bonds is 4. The van der Waals surface area contributed by atoms with Crippen molar-refractivity contribution >= 4 is 34.8 Å². The fraction of sp³-hybridized carbons (Fsp3) is 0.0476. The predicted octanol–water partition coefficient (Wildman–Crippen LogP) is 3.34. The van der Waals surface area contributed by atoms with Crippen molar-refractivity contribution in [3.8, 4) is 0 Å². The van der Waals surface area contributed by atoms with Gasteiger partial charge in [0, 0.05) is 0 Å². The summed E-state index contributed by atoms with van der Waals surface area (Å²) >= 11 is 0.336. The van der Waals surface area contributed by atoms with Gasteiger partial charge in [0.15, 0.2) is 0 Å². The zero-order valence-corrected chi connectivity index (χ0v) is 14.4. The molecule has 23 heavy (non-hydrogen) atoms. The van der Waals surface area contributed by atoms with Crippen LogP contribution in [0, 0.1) is 0 Å². The van der Waals surface area contributed by atoms with Gasteiger partial charge in [-0.3, -0.25) is 0 Å². The minimum absolute atomic E-state index is 0.336. The van der Waals surface area contributed by atoms with Crippen LogP contribution in [0.15, 0.2) is 91.1 Å². The molecule has 0 aliphatic carbocycles. The summed E-state index contributed by atoms with van der Waals surface area (Å²) in [5, 5.41) is 1.38. The van der Waals surface area contributed by atoms with Crippen LogP contribution in [-0.4, -0.2) is 19.5 Å². The van der Waals surface area contributed by atoms with E-state index in [0.717, 1.165) is 6.54 Å². The van der Waals surface area contributed by atoms with E-state index in [4.69, 9.17) is 0 Å². The van der Waals surface area contributed by atoms with Crippen LogP contribution in [0.25, 0.3) is 10.9 Å². The van der Waals surface area contributed by atoms with Gasteiger partial charge in [-0.15, -0.1) is 0 Å². The Morgan fingerprint density at radius 3 is 2.13 bits per heavy atom. The molecule has 4 aromatic rings. The molecule has 4 rings (SSSR count). The van der Waals surface area contributed by atoms with E-state index in [-0.39, 0.29) is 0 Å². The molecule has 0 unspecified atom stereocenters. The fourth-order valence-electron chi connectivity index (χ4n) is 2.82. The number of para-hydroxylation sites is 1. The molecular formula is C21H17NSe. The average molecular weight is 362 g/mol. The third-order valence-corrected chi connectivity index (χ3v) is 6.13. The Morgan fingerprint density at radius 1 is 0.696 bits per heavy atom. The topological polar surface area (TPSA) is 4.93 Å². The van der Waals surface area contributed by atoms with Gasteiger partial charge in [0.25, 0.3) is 0 Å². The van der Waals surface area contributed by atoms with Crippen LogP contribution < -0.4 is 8.92 Å². The van der Waals surface area contributed by atoms with Crippen LogP contribution in [-0.2, 0) is 6.54 Å². The number of fused-ring (bicyclic) bond motifs is 1. The Bertz CT molecular complexity index is 835. The first-order valence-electron chi connectivity index (χ1n) is 7.75. The molecule has 1 heterocycles. The van der Waals surface area contributed by atoms with Crippen molar-refractivity contribution in [2.75, 3.05) is 0 Å². The Hall–Kier alpha value is -2.28. The fourth-order valence-corrected chi connectivity index (χ4v) is 4.94. The number of benzene rings is 3. The number of aromatic nitrogens is 1. The molecule has 3 aromatic carbocycles. The van der Waals surface area contributed by atoms with Gasteiger partial charge in [-0.05, 0) is 0 Å². The third kappa shape index (κ3) is 3.10. The summed E-state index contributed by atoms with van der Waals surface area (Å²) in [5.41, 5.74) is 2.66. The maximum absolute atomic E-state index is 2.38. The maximum atomic E-state index is 2.38. The van der Waals surface area contributed by atoms with Crippen molar-refractivity contribution in [1.29, 1.82) is 0 Å². The van der Waals surface area contributed by atoms with E-state index in [1.54, 1.807) is 0 Å². The first-order valence-corrected chi connectivity index (χ1v) is 9.46. The molecule has 0 radical (unpaired) electrons. The van der Waals surface area contributed by atoms with Gasteiger partial charge in [0.05, 0.1) is 0 Å². The zero-order chi connectivity index (χ0) is 15.5. The first-order chi connectivity index (χ1) is 11.4. The summed E-state index contributed by atoms with van der Waals surface area (Å²) in [7, 11) is 0. The van der Waals surface area contributed by atoms with Crippen molar-refractivity contribution in [1.82, 2.24) is 4.57 Å². The van der Waals surface area contributed by atoms with E-state index in [0.29, 0.717) is 15.0 Å². The van der Waals surface area contributed by atoms with Gasteiger partial charge >= 0.3 is 143 Å². The van der Waals surface area contributed by atoms with E-state index in [9.17, 15) is 0 Å². The van der Waals surface area contributed by atoms with Gasteiger partial charge in [-0.2, -0.15) is 0 Å². The Labute approximate surface area is 142 Å². The summed E-state index contributed by atoms with van der Waals surface area (Å²) in [4.78, 5) is 0. The quantitative estimate of drug-likeness (QED) is 0.491. The van der Waals surface area contributed by atoms with E-state index in [1.807, 2.05) is 0 Å². The molecule has 0 bridgehead atoms. The van der Waals surface area contributed by atoms with Crippen LogP contribution in [0.1, 0.15) is 5.56 Å². The van der Waals surface area contributed by atoms with Gasteiger partial charge < -0.3 is 0 Å². The number of hydrogen-bond acceptors (Lipinski definition) is 0. The van der Waals surface area contributed by atoms with Crippen LogP contribution in [0.2, 0.25) is 0 Å². The van der Waals surface area contributed by atoms with Crippen LogP contribution >= 0.6 is 0 Å². The molecule has 0 spiro atoms. The average Bonchev–Trinajstić information content (AvgIpc) is 2.95. The molecule has 0 saturated carbocycles. The standard InChI is InChI=1S/C21H17NSe/c1-3-9-17(10-4-1)15-22-16-21(19-13-7-8-14-20(19)22)23-18-11-5-2-6-12-18/h1-14,16H,15H2. The second-order valence-corrected chi connectivity index (χ2v) is 7.88. The monoisotopic (exact) mass is 363 g/mol. The van der Waals surface area contributed by atoms with Gasteiger partial charge in [-0.1, -0.05) is 0 Å². The zero-order valence-electron chi connectivity index (χ0n) is 12.7. The van der Waals surface area contributed by atoms with Crippen molar-refractivity contribution < 1.29 is 0 Å². The van der Waals surface area contributed by atoms with E-state index < -0.39 is 0 Å². The van der Waals surface area contributed by atoms with Crippen LogP contribution in [0.5, 0.6) is 0 Å². The van der Waals surface area contributed by atoms with Crippen LogP contribution in [0.3, 0.4) is 0 Å². The SMILES string of the molecule is c1ccc(Cn2cc([Se]c3ccccc3)c3ccccc32)cc1. The molecular weight excluding hydrogens is 345 g/mol. The Balaban J connectivity index is 1.74. The molecule has 0 aliphatic heterocycles. The number of nitrogens with zero attached hydrogens (tertiary/aromatic N) is 1. The second kappa shape index (κ2) is 6.45. The van der Waals surface area contributed by atoms with E-state index in [1.165, 1.54) is 25.4 Å². The van der Waals surface area contributed by atoms with Crippen molar-refractivity contribution in [2.45, 2.75) is 6.54 Å². The van der Waals surface area contributed by atoms with Gasteiger partial charge in [0.2, 0.25) is 0 Å². The van der Waals surface area contributed by atoms with Gasteiger partial charge in [0.1, 0.15) is 0 Å². The molecule has 0 fully saturated rings. The Morgan fingerprint density at radius 2 is 1.35 bits per heavy atom. The predicted molar refractivity (Wildman–Crippen MR) is 98.9 cm³/mol. The number of hydrogen-bond donors (Lipinski definition) is 0. The molecule has 0 N–H and O–H groups in total. The molecule has 1 nitrogen and oxygen atoms in total. The summed E-state index contributed by atoms with van der Waals surface area (Å²) < 4.78 is 5.25. The third-order valence-electron chi connectivity index (χ3n) is 3.92. The van der Waals surface area contributed by atoms with E-state index in [2.05, 4.69) is 95.7 Å². The van der Waals surface area contributed by atoms with Crippen LogP contribution in [0.4, 0.5) is 0 Å². The summed E-state index contributed by atoms with van der Waals surface area (Å²) in [6.07, 6.45) is 2.34. The van der Waals surface area contributed by atoms with E-state index >= 15 is 0 Å². The second-order valence-electron chi connectivity index (χ2n) is 5.54. The summed E-state index contributed by atoms with van der Waals surface area (Å²) in [6, 6.07) is 30.2. The van der Waals surface area contributed by atoms with Crippen molar-refractivity contribution in [3.05, 3.63) is 96.7 Å². The van der Waals surface area contributed by atoms with Crippen molar-refractivity contribution in [2.24, 2.45) is 0 Å². The molecule has 0 saturated heterocycles. The molecule has 0 aliphatic rings. The van der Waals surface area contributed by atoms with Crippen molar-refractivity contribution in [3.63, 3.8) is 0 Å². The molecule has 1 aromatic heterocycles. The van der Waals surface area contributed by atoms with Gasteiger partial charge in [-0.25, -0.2) is 0 Å². The normalized spacial score (nSPS) is 11.0.